The lowest BCUT2D eigenvalue weighted by Gasteiger charge is -2.22. The van der Waals surface area contributed by atoms with Gasteiger partial charge in [0, 0.05) is 47.4 Å². The largest absolute Gasteiger partial charge is 0.507 e. The molecular formula is C34H31N3O5. The second-order valence-electron chi connectivity index (χ2n) is 10.5. The number of ether oxygens (including phenoxy) is 2. The summed E-state index contributed by atoms with van der Waals surface area (Å²) in [6, 6.07) is 26.2. The normalized spacial score (nSPS) is 16.5. The Hall–Kier alpha value is -4.95. The highest BCUT2D eigenvalue weighted by Gasteiger charge is 2.40. The van der Waals surface area contributed by atoms with Gasteiger partial charge in [-0.05, 0) is 34.9 Å². The van der Waals surface area contributed by atoms with Gasteiger partial charge in [-0.1, -0.05) is 66.7 Å². The van der Waals surface area contributed by atoms with Gasteiger partial charge in [-0.3, -0.25) is 9.78 Å². The lowest BCUT2D eigenvalue weighted by atomic mass is 9.98. The first-order valence-electron chi connectivity index (χ1n) is 13.9. The molecule has 1 saturated heterocycles. The van der Waals surface area contributed by atoms with E-state index in [9.17, 15) is 14.7 Å². The average Bonchev–Trinajstić information content (AvgIpc) is 3.66. The number of phenols is 1. The van der Waals surface area contributed by atoms with E-state index in [4.69, 9.17) is 9.47 Å². The van der Waals surface area contributed by atoms with E-state index in [1.54, 1.807) is 17.3 Å². The lowest BCUT2D eigenvalue weighted by molar-refractivity contribution is -0.150. The molecule has 2 N–H and O–H groups in total. The second kappa shape index (κ2) is 11.9. The number of fused-ring (bicyclic) bond motifs is 1. The Bertz CT molecular complexity index is 1680. The predicted octanol–water partition coefficient (Wildman–Crippen LogP) is 5.50. The van der Waals surface area contributed by atoms with Gasteiger partial charge in [0.15, 0.2) is 0 Å². The molecule has 0 spiro atoms. The van der Waals surface area contributed by atoms with Crippen LogP contribution in [0.25, 0.3) is 33.3 Å². The summed E-state index contributed by atoms with van der Waals surface area (Å²) in [6.45, 7) is 0.739. The van der Waals surface area contributed by atoms with Crippen LogP contribution in [-0.4, -0.2) is 57.7 Å². The fourth-order valence-electron chi connectivity index (χ4n) is 5.53. The zero-order valence-corrected chi connectivity index (χ0v) is 23.2. The molecule has 212 valence electrons. The van der Waals surface area contributed by atoms with E-state index in [0.29, 0.717) is 30.7 Å². The fourth-order valence-corrected chi connectivity index (χ4v) is 5.53. The molecule has 8 heteroatoms. The summed E-state index contributed by atoms with van der Waals surface area (Å²) in [5, 5.41) is 12.1. The van der Waals surface area contributed by atoms with Gasteiger partial charge < -0.3 is 24.5 Å². The summed E-state index contributed by atoms with van der Waals surface area (Å²) < 4.78 is 11.0. The van der Waals surface area contributed by atoms with Crippen LogP contribution in [-0.2, 0) is 32.1 Å². The molecule has 3 heterocycles. The maximum absolute atomic E-state index is 13.4. The molecule has 5 aromatic rings. The van der Waals surface area contributed by atoms with Gasteiger partial charge in [-0.25, -0.2) is 4.79 Å². The van der Waals surface area contributed by atoms with Crippen molar-refractivity contribution in [3.8, 4) is 28.1 Å². The van der Waals surface area contributed by atoms with Gasteiger partial charge >= 0.3 is 5.97 Å². The second-order valence-corrected chi connectivity index (χ2v) is 10.5. The van der Waals surface area contributed by atoms with E-state index in [1.807, 2.05) is 84.9 Å². The SMILES string of the molecule is COC(=O)C1CC(OCc2ccccc2)CN1C(=O)Cc1ccc(-c2cccc(-c3cc4cnccc4[nH]3)c2O)cc1. The van der Waals surface area contributed by atoms with E-state index >= 15 is 0 Å². The van der Waals surface area contributed by atoms with Crippen molar-refractivity contribution in [2.45, 2.75) is 31.6 Å². The van der Waals surface area contributed by atoms with E-state index in [2.05, 4.69) is 9.97 Å². The van der Waals surface area contributed by atoms with Crippen LogP contribution in [0.4, 0.5) is 0 Å². The molecule has 0 bridgehead atoms. The highest BCUT2D eigenvalue weighted by atomic mass is 16.5. The van der Waals surface area contributed by atoms with E-state index in [-0.39, 0.29) is 24.2 Å². The standard InChI is InChI=1S/C34H31N3O5/c1-41-34(40)31-18-26(42-21-23-6-3-2-4-7-23)20-37(31)32(38)16-22-10-12-24(13-11-22)27-8-5-9-28(33(27)39)30-17-25-19-35-15-14-29(25)36-30/h2-15,17,19,26,31,36,39H,16,18,20-21H2,1H3. The van der Waals surface area contributed by atoms with Crippen LogP contribution in [0.5, 0.6) is 5.75 Å². The molecule has 2 aromatic heterocycles. The zero-order chi connectivity index (χ0) is 29.1. The Morgan fingerprint density at radius 1 is 0.976 bits per heavy atom. The van der Waals surface area contributed by atoms with Crippen molar-refractivity contribution in [2.75, 3.05) is 13.7 Å². The fraction of sp³-hybridized carbons (Fsp3) is 0.206. The topological polar surface area (TPSA) is 105 Å². The summed E-state index contributed by atoms with van der Waals surface area (Å²) in [7, 11) is 1.33. The first-order chi connectivity index (χ1) is 20.5. The molecule has 2 unspecified atom stereocenters. The molecule has 8 nitrogen and oxygen atoms in total. The summed E-state index contributed by atoms with van der Waals surface area (Å²) in [6.07, 6.45) is 3.78. The highest BCUT2D eigenvalue weighted by molar-refractivity contribution is 5.89. The summed E-state index contributed by atoms with van der Waals surface area (Å²) in [5.41, 5.74) is 5.79. The zero-order valence-electron chi connectivity index (χ0n) is 23.2. The number of carbonyl (C=O) groups is 2. The van der Waals surface area contributed by atoms with Crippen molar-refractivity contribution in [3.05, 3.63) is 108 Å². The molecule has 1 aliphatic rings. The Balaban J connectivity index is 1.15. The number of aromatic hydroxyl groups is 1. The molecule has 42 heavy (non-hydrogen) atoms. The monoisotopic (exact) mass is 561 g/mol. The molecule has 1 amide bonds. The number of carbonyl (C=O) groups excluding carboxylic acids is 2. The van der Waals surface area contributed by atoms with E-state index < -0.39 is 12.0 Å². The molecule has 3 aromatic carbocycles. The number of esters is 1. The summed E-state index contributed by atoms with van der Waals surface area (Å²) in [5.74, 6) is -0.437. The Morgan fingerprint density at radius 2 is 1.76 bits per heavy atom. The lowest BCUT2D eigenvalue weighted by Crippen LogP contribution is -2.42. The number of benzene rings is 3. The number of rotatable bonds is 8. The Labute approximate surface area is 243 Å². The number of nitrogens with one attached hydrogen (secondary N) is 1. The first kappa shape index (κ1) is 27.2. The number of likely N-dealkylation sites (tertiary alicyclic amines) is 1. The average molecular weight is 562 g/mol. The minimum Gasteiger partial charge on any atom is -0.507 e. The third-order valence-electron chi connectivity index (χ3n) is 7.75. The summed E-state index contributed by atoms with van der Waals surface area (Å²) in [4.78, 5) is 35.0. The number of aromatic nitrogens is 2. The number of phenolic OH excluding ortho intramolecular Hbond substituents is 1. The molecule has 2 atom stereocenters. The number of hydrogen-bond donors (Lipinski definition) is 2. The highest BCUT2D eigenvalue weighted by Crippen LogP contribution is 2.38. The van der Waals surface area contributed by atoms with Crippen LogP contribution < -0.4 is 0 Å². The van der Waals surface area contributed by atoms with Crippen molar-refractivity contribution in [1.29, 1.82) is 0 Å². The quantitative estimate of drug-likeness (QED) is 0.242. The van der Waals surface area contributed by atoms with Gasteiger partial charge in [0.2, 0.25) is 5.91 Å². The number of para-hydroxylation sites is 1. The third-order valence-corrected chi connectivity index (χ3v) is 7.75. The molecule has 1 fully saturated rings. The van der Waals surface area contributed by atoms with Crippen molar-refractivity contribution in [3.63, 3.8) is 0 Å². The van der Waals surface area contributed by atoms with E-state index in [0.717, 1.165) is 33.3 Å². The van der Waals surface area contributed by atoms with Gasteiger partial charge in [0.1, 0.15) is 11.8 Å². The number of amides is 1. The molecule has 0 aliphatic carbocycles. The van der Waals surface area contributed by atoms with Crippen LogP contribution in [0, 0.1) is 0 Å². The van der Waals surface area contributed by atoms with Crippen molar-refractivity contribution < 1.29 is 24.2 Å². The number of aromatic amines is 1. The number of hydrogen-bond acceptors (Lipinski definition) is 6. The first-order valence-corrected chi connectivity index (χ1v) is 13.9. The van der Waals surface area contributed by atoms with Crippen molar-refractivity contribution in [1.82, 2.24) is 14.9 Å². The van der Waals surface area contributed by atoms with Crippen molar-refractivity contribution in [2.24, 2.45) is 0 Å². The Kier molecular flexibility index (Phi) is 7.70. The van der Waals surface area contributed by atoms with Gasteiger partial charge in [-0.15, -0.1) is 0 Å². The minimum atomic E-state index is -0.678. The molecule has 1 aliphatic heterocycles. The number of nitrogens with zero attached hydrogens (tertiary/aromatic N) is 2. The molecule has 0 saturated carbocycles. The number of pyridine rings is 1. The molecule has 6 rings (SSSR count). The van der Waals surface area contributed by atoms with Crippen LogP contribution in [0.3, 0.4) is 0 Å². The van der Waals surface area contributed by atoms with Gasteiger partial charge in [0.05, 0.1) is 31.9 Å². The third kappa shape index (κ3) is 5.62. The predicted molar refractivity (Wildman–Crippen MR) is 159 cm³/mol. The van der Waals surface area contributed by atoms with Crippen molar-refractivity contribution >= 4 is 22.8 Å². The van der Waals surface area contributed by atoms with Gasteiger partial charge in [-0.2, -0.15) is 0 Å². The maximum atomic E-state index is 13.4. The van der Waals surface area contributed by atoms with Crippen LogP contribution >= 0.6 is 0 Å². The van der Waals surface area contributed by atoms with Crippen LogP contribution in [0.15, 0.2) is 97.3 Å². The number of H-pyrrole nitrogens is 1. The van der Waals surface area contributed by atoms with Gasteiger partial charge in [0.25, 0.3) is 0 Å². The minimum absolute atomic E-state index is 0.133. The molecule has 0 radical (unpaired) electrons. The maximum Gasteiger partial charge on any atom is 0.328 e. The summed E-state index contributed by atoms with van der Waals surface area (Å²) >= 11 is 0. The smallest absolute Gasteiger partial charge is 0.328 e. The Morgan fingerprint density at radius 3 is 2.52 bits per heavy atom. The van der Waals surface area contributed by atoms with Crippen LogP contribution in [0.1, 0.15) is 17.5 Å². The number of methoxy groups -OCH3 is 1. The van der Waals surface area contributed by atoms with E-state index in [1.165, 1.54) is 7.11 Å². The van der Waals surface area contributed by atoms with Crippen LogP contribution in [0.2, 0.25) is 0 Å². The molecular weight excluding hydrogens is 530 g/mol.